The van der Waals surface area contributed by atoms with Crippen molar-refractivity contribution in [2.24, 2.45) is 4.99 Å². The maximum atomic E-state index is 9.68. The van der Waals surface area contributed by atoms with Gasteiger partial charge in [-0.25, -0.2) is 4.99 Å². The quantitative estimate of drug-likeness (QED) is 0.400. The summed E-state index contributed by atoms with van der Waals surface area (Å²) in [5, 5.41) is 17.5. The first-order valence-electron chi connectivity index (χ1n) is 7.95. The summed E-state index contributed by atoms with van der Waals surface area (Å²) in [6, 6.07) is 7.30. The van der Waals surface area contributed by atoms with E-state index in [9.17, 15) is 5.11 Å². The molecule has 7 nitrogen and oxygen atoms in total. The number of aliphatic hydroxyl groups is 1. The molecule has 0 saturated carbocycles. The molecule has 9 heteroatoms. The Hall–Kier alpha value is -1.39. The highest BCUT2D eigenvalue weighted by molar-refractivity contribution is 14.0. The predicted octanol–water partition coefficient (Wildman–Crippen LogP) is 2.54. The molecule has 1 atom stereocenters. The Labute approximate surface area is 168 Å². The maximum absolute atomic E-state index is 9.68. The lowest BCUT2D eigenvalue weighted by atomic mass is 10.2. The first kappa shape index (κ1) is 19.9. The summed E-state index contributed by atoms with van der Waals surface area (Å²) in [6.07, 6.45) is 0.454. The van der Waals surface area contributed by atoms with Crippen molar-refractivity contribution in [1.82, 2.24) is 20.4 Å². The minimum absolute atomic E-state index is 0. The van der Waals surface area contributed by atoms with E-state index in [2.05, 4.69) is 20.4 Å². The Morgan fingerprint density at radius 2 is 2.36 bits per heavy atom. The van der Waals surface area contributed by atoms with Crippen LogP contribution in [0.4, 0.5) is 0 Å². The molecule has 0 spiro atoms. The number of hydrogen-bond acceptors (Lipinski definition) is 5. The SMILES string of the molecule is CCNC(=NCc1nc(-c2cccc(Cl)c2)no1)N1CC[C@@H](O)C1.I. The van der Waals surface area contributed by atoms with Gasteiger partial charge in [-0.15, -0.1) is 24.0 Å². The van der Waals surface area contributed by atoms with Crippen LogP contribution in [0.2, 0.25) is 5.02 Å². The Morgan fingerprint density at radius 3 is 3.04 bits per heavy atom. The van der Waals surface area contributed by atoms with Crippen LogP contribution >= 0.6 is 35.6 Å². The fourth-order valence-corrected chi connectivity index (χ4v) is 2.76. The molecule has 2 N–H and O–H groups in total. The van der Waals surface area contributed by atoms with Gasteiger partial charge in [-0.05, 0) is 25.5 Å². The molecule has 1 aromatic heterocycles. The number of nitrogens with one attached hydrogen (secondary N) is 1. The molecule has 2 heterocycles. The zero-order valence-electron chi connectivity index (χ0n) is 13.9. The molecule has 25 heavy (non-hydrogen) atoms. The molecule has 1 aromatic carbocycles. The number of nitrogens with zero attached hydrogens (tertiary/aromatic N) is 4. The maximum Gasteiger partial charge on any atom is 0.248 e. The van der Waals surface area contributed by atoms with Gasteiger partial charge in [-0.2, -0.15) is 4.98 Å². The minimum Gasteiger partial charge on any atom is -0.391 e. The first-order chi connectivity index (χ1) is 11.7. The van der Waals surface area contributed by atoms with Crippen LogP contribution in [0.5, 0.6) is 0 Å². The van der Waals surface area contributed by atoms with E-state index >= 15 is 0 Å². The summed E-state index contributed by atoms with van der Waals surface area (Å²) in [5.74, 6) is 1.67. The zero-order valence-corrected chi connectivity index (χ0v) is 16.9. The molecular weight excluding hydrogens is 457 g/mol. The molecular formula is C16H21ClIN5O2. The van der Waals surface area contributed by atoms with Gasteiger partial charge in [0, 0.05) is 30.2 Å². The van der Waals surface area contributed by atoms with Crippen molar-refractivity contribution < 1.29 is 9.63 Å². The van der Waals surface area contributed by atoms with Gasteiger partial charge < -0.3 is 19.8 Å². The van der Waals surface area contributed by atoms with Gasteiger partial charge in [0.2, 0.25) is 11.7 Å². The minimum atomic E-state index is -0.299. The number of hydrogen-bond donors (Lipinski definition) is 2. The van der Waals surface area contributed by atoms with E-state index in [1.807, 2.05) is 24.0 Å². The van der Waals surface area contributed by atoms with Crippen LogP contribution in [0, 0.1) is 0 Å². The van der Waals surface area contributed by atoms with Crippen molar-refractivity contribution in [3.05, 3.63) is 35.2 Å². The van der Waals surface area contributed by atoms with E-state index in [-0.39, 0.29) is 36.6 Å². The fraction of sp³-hybridized carbons (Fsp3) is 0.438. The summed E-state index contributed by atoms with van der Waals surface area (Å²) in [7, 11) is 0. The molecule has 1 fully saturated rings. The van der Waals surface area contributed by atoms with E-state index in [0.29, 0.717) is 23.3 Å². The lowest BCUT2D eigenvalue weighted by Gasteiger charge is -2.20. The lowest BCUT2D eigenvalue weighted by molar-refractivity contribution is 0.187. The van der Waals surface area contributed by atoms with Crippen LogP contribution in [0.1, 0.15) is 19.2 Å². The molecule has 1 aliphatic rings. The highest BCUT2D eigenvalue weighted by atomic mass is 127. The Kier molecular flexibility index (Phi) is 7.45. The number of likely N-dealkylation sites (tertiary alicyclic amines) is 1. The van der Waals surface area contributed by atoms with Crippen LogP contribution in [0.15, 0.2) is 33.8 Å². The van der Waals surface area contributed by atoms with Crippen molar-refractivity contribution in [1.29, 1.82) is 0 Å². The second-order valence-electron chi connectivity index (χ2n) is 5.58. The van der Waals surface area contributed by atoms with Crippen molar-refractivity contribution in [2.75, 3.05) is 19.6 Å². The molecule has 136 valence electrons. The monoisotopic (exact) mass is 477 g/mol. The van der Waals surface area contributed by atoms with Crippen LogP contribution < -0.4 is 5.32 Å². The fourth-order valence-electron chi connectivity index (χ4n) is 2.57. The highest BCUT2D eigenvalue weighted by Crippen LogP contribution is 2.20. The van der Waals surface area contributed by atoms with E-state index < -0.39 is 0 Å². The van der Waals surface area contributed by atoms with Crippen LogP contribution in [0.3, 0.4) is 0 Å². The van der Waals surface area contributed by atoms with Gasteiger partial charge in [0.15, 0.2) is 5.96 Å². The number of aliphatic hydroxyl groups excluding tert-OH is 1. The normalized spacial score (nSPS) is 17.5. The third-order valence-corrected chi connectivity index (χ3v) is 3.95. The van der Waals surface area contributed by atoms with Gasteiger partial charge in [-0.1, -0.05) is 28.9 Å². The third-order valence-electron chi connectivity index (χ3n) is 3.71. The predicted molar refractivity (Wildman–Crippen MR) is 107 cm³/mol. The molecule has 2 aromatic rings. The number of guanidine groups is 1. The summed E-state index contributed by atoms with van der Waals surface area (Å²) >= 11 is 5.98. The number of halogens is 2. The number of rotatable bonds is 4. The second kappa shape index (κ2) is 9.35. The molecule has 3 rings (SSSR count). The topological polar surface area (TPSA) is 86.8 Å². The van der Waals surface area contributed by atoms with Crippen LogP contribution in [0.25, 0.3) is 11.4 Å². The van der Waals surface area contributed by atoms with Crippen molar-refractivity contribution in [3.63, 3.8) is 0 Å². The molecule has 0 aliphatic carbocycles. The summed E-state index contributed by atoms with van der Waals surface area (Å²) in [5.41, 5.74) is 0.802. The molecule has 0 bridgehead atoms. The van der Waals surface area contributed by atoms with E-state index in [1.54, 1.807) is 12.1 Å². The molecule has 0 radical (unpaired) electrons. The average Bonchev–Trinajstić information content (AvgIpc) is 3.20. The zero-order chi connectivity index (χ0) is 16.9. The smallest absolute Gasteiger partial charge is 0.248 e. The lowest BCUT2D eigenvalue weighted by Crippen LogP contribution is -2.40. The summed E-state index contributed by atoms with van der Waals surface area (Å²) < 4.78 is 5.26. The third kappa shape index (κ3) is 5.29. The average molecular weight is 478 g/mol. The second-order valence-corrected chi connectivity index (χ2v) is 6.02. The summed E-state index contributed by atoms with van der Waals surface area (Å²) in [4.78, 5) is 10.9. The Morgan fingerprint density at radius 1 is 1.52 bits per heavy atom. The Bertz CT molecular complexity index is 724. The molecule has 0 amide bonds. The van der Waals surface area contributed by atoms with Crippen molar-refractivity contribution >= 4 is 41.5 Å². The van der Waals surface area contributed by atoms with Gasteiger partial charge >= 0.3 is 0 Å². The first-order valence-corrected chi connectivity index (χ1v) is 8.33. The van der Waals surface area contributed by atoms with Gasteiger partial charge in [0.05, 0.1) is 6.10 Å². The van der Waals surface area contributed by atoms with E-state index in [1.165, 1.54) is 0 Å². The molecule has 1 saturated heterocycles. The Balaban J connectivity index is 0.00000225. The van der Waals surface area contributed by atoms with Crippen molar-refractivity contribution in [2.45, 2.75) is 26.0 Å². The highest BCUT2D eigenvalue weighted by Gasteiger charge is 2.23. The van der Waals surface area contributed by atoms with Gasteiger partial charge in [0.25, 0.3) is 0 Å². The number of aliphatic imine (C=N–C) groups is 1. The number of aromatic nitrogens is 2. The van der Waals surface area contributed by atoms with Gasteiger partial charge in [0.1, 0.15) is 6.54 Å². The summed E-state index contributed by atoms with van der Waals surface area (Å²) in [6.45, 7) is 4.41. The van der Waals surface area contributed by atoms with E-state index in [4.69, 9.17) is 16.1 Å². The van der Waals surface area contributed by atoms with Crippen LogP contribution in [-0.2, 0) is 6.54 Å². The molecule has 1 aliphatic heterocycles. The standard InChI is InChI=1S/C16H20ClN5O2.HI/c1-2-18-16(22-7-6-13(23)10-22)19-9-14-20-15(21-24-14)11-4-3-5-12(17)8-11;/h3-5,8,13,23H,2,6-7,9-10H2,1H3,(H,18,19);1H/t13-;/m1./s1. The van der Waals surface area contributed by atoms with Crippen LogP contribution in [-0.4, -0.2) is 51.8 Å². The van der Waals surface area contributed by atoms with E-state index in [0.717, 1.165) is 31.0 Å². The molecule has 0 unspecified atom stereocenters. The number of β-amino-alcohol motifs (C(OH)–C–C–N with tert-alkyl or cyclic N) is 1. The number of benzene rings is 1. The largest absolute Gasteiger partial charge is 0.391 e. The van der Waals surface area contributed by atoms with Crippen molar-refractivity contribution in [3.8, 4) is 11.4 Å². The van der Waals surface area contributed by atoms with Gasteiger partial charge in [-0.3, -0.25) is 0 Å².